The Kier molecular flexibility index (Phi) is 4.76. The van der Waals surface area contributed by atoms with E-state index in [1.807, 2.05) is 36.0 Å². The predicted molar refractivity (Wildman–Crippen MR) is 90.4 cm³/mol. The zero-order chi connectivity index (χ0) is 16.2. The highest BCUT2D eigenvalue weighted by Crippen LogP contribution is 2.18. The first-order chi connectivity index (χ1) is 11.1. The standard InChI is InChI=1S/C18H24N4O/c1-13-6-3-4-8-16(13)14(2)20-18(23)17-9-11-22(21-17)15-7-5-10-19-12-15/h3-4,6,8-9,11,14-15,19H,5,7,10,12H2,1-2H3,(H,20,23)/t14-,15-/m0/s1. The fraction of sp³-hybridized carbons (Fsp3) is 0.444. The molecule has 5 nitrogen and oxygen atoms in total. The second-order valence-corrected chi connectivity index (χ2v) is 6.23. The fourth-order valence-electron chi connectivity index (χ4n) is 3.14. The minimum Gasteiger partial charge on any atom is -0.344 e. The molecule has 1 saturated heterocycles. The molecule has 0 radical (unpaired) electrons. The molecule has 2 heterocycles. The van der Waals surface area contributed by atoms with E-state index in [1.54, 1.807) is 6.07 Å². The van der Waals surface area contributed by atoms with E-state index in [-0.39, 0.29) is 11.9 Å². The Morgan fingerprint density at radius 1 is 1.39 bits per heavy atom. The minimum absolute atomic E-state index is 0.0369. The lowest BCUT2D eigenvalue weighted by atomic mass is 10.0. The van der Waals surface area contributed by atoms with Crippen molar-refractivity contribution in [1.29, 1.82) is 0 Å². The van der Waals surface area contributed by atoms with Gasteiger partial charge in [-0.1, -0.05) is 24.3 Å². The molecular weight excluding hydrogens is 288 g/mol. The van der Waals surface area contributed by atoms with E-state index < -0.39 is 0 Å². The van der Waals surface area contributed by atoms with Crippen molar-refractivity contribution in [2.24, 2.45) is 0 Å². The van der Waals surface area contributed by atoms with Gasteiger partial charge in [0.25, 0.3) is 5.91 Å². The lowest BCUT2D eigenvalue weighted by molar-refractivity contribution is 0.0933. The highest BCUT2D eigenvalue weighted by Gasteiger charge is 2.19. The first-order valence-electron chi connectivity index (χ1n) is 8.27. The zero-order valence-electron chi connectivity index (χ0n) is 13.7. The Morgan fingerprint density at radius 2 is 2.22 bits per heavy atom. The van der Waals surface area contributed by atoms with Crippen LogP contribution in [0.5, 0.6) is 0 Å². The molecule has 2 N–H and O–H groups in total. The second-order valence-electron chi connectivity index (χ2n) is 6.23. The van der Waals surface area contributed by atoms with Gasteiger partial charge in [0, 0.05) is 12.7 Å². The topological polar surface area (TPSA) is 59.0 Å². The van der Waals surface area contributed by atoms with Crippen molar-refractivity contribution in [3.63, 3.8) is 0 Å². The number of aryl methyl sites for hydroxylation is 1. The smallest absolute Gasteiger partial charge is 0.272 e. The van der Waals surface area contributed by atoms with Gasteiger partial charge in [-0.15, -0.1) is 0 Å². The van der Waals surface area contributed by atoms with Crippen LogP contribution in [-0.4, -0.2) is 28.8 Å². The number of amides is 1. The van der Waals surface area contributed by atoms with Gasteiger partial charge in [-0.3, -0.25) is 9.48 Å². The molecule has 1 aromatic carbocycles. The van der Waals surface area contributed by atoms with Crippen LogP contribution in [0.4, 0.5) is 0 Å². The summed E-state index contributed by atoms with van der Waals surface area (Å²) in [5, 5.41) is 10.9. The van der Waals surface area contributed by atoms with Gasteiger partial charge in [-0.2, -0.15) is 5.10 Å². The minimum atomic E-state index is -0.122. The summed E-state index contributed by atoms with van der Waals surface area (Å²) in [4.78, 5) is 12.4. The highest BCUT2D eigenvalue weighted by atomic mass is 16.2. The molecule has 0 bridgehead atoms. The summed E-state index contributed by atoms with van der Waals surface area (Å²) in [7, 11) is 0. The number of carbonyl (C=O) groups is 1. The maximum atomic E-state index is 12.4. The largest absolute Gasteiger partial charge is 0.344 e. The molecule has 5 heteroatoms. The molecule has 0 spiro atoms. The third-order valence-electron chi connectivity index (χ3n) is 4.49. The van der Waals surface area contributed by atoms with Crippen LogP contribution < -0.4 is 10.6 Å². The summed E-state index contributed by atoms with van der Waals surface area (Å²) >= 11 is 0. The number of nitrogens with one attached hydrogen (secondary N) is 2. The lowest BCUT2D eigenvalue weighted by Gasteiger charge is -2.23. The van der Waals surface area contributed by atoms with E-state index in [2.05, 4.69) is 28.7 Å². The molecule has 1 amide bonds. The predicted octanol–water partition coefficient (Wildman–Crippen LogP) is 2.61. The van der Waals surface area contributed by atoms with Gasteiger partial charge in [0.1, 0.15) is 5.69 Å². The van der Waals surface area contributed by atoms with Crippen LogP contribution in [0.2, 0.25) is 0 Å². The highest BCUT2D eigenvalue weighted by molar-refractivity contribution is 5.92. The molecule has 1 aliphatic rings. The molecule has 0 unspecified atom stereocenters. The van der Waals surface area contributed by atoms with E-state index in [0.717, 1.165) is 31.5 Å². The number of hydrogen-bond donors (Lipinski definition) is 2. The summed E-state index contributed by atoms with van der Waals surface area (Å²) in [5.74, 6) is -0.122. The first kappa shape index (κ1) is 15.7. The van der Waals surface area contributed by atoms with Crippen molar-refractivity contribution < 1.29 is 4.79 Å². The van der Waals surface area contributed by atoms with Crippen LogP contribution in [-0.2, 0) is 0 Å². The monoisotopic (exact) mass is 312 g/mol. The van der Waals surface area contributed by atoms with E-state index in [0.29, 0.717) is 11.7 Å². The maximum Gasteiger partial charge on any atom is 0.272 e. The van der Waals surface area contributed by atoms with Gasteiger partial charge in [0.05, 0.1) is 12.1 Å². The number of piperidine rings is 1. The average Bonchev–Trinajstić information content (AvgIpc) is 3.06. The van der Waals surface area contributed by atoms with Gasteiger partial charge in [0.2, 0.25) is 0 Å². The fourth-order valence-corrected chi connectivity index (χ4v) is 3.14. The number of nitrogens with zero attached hydrogens (tertiary/aromatic N) is 2. The molecule has 0 aliphatic carbocycles. The average molecular weight is 312 g/mol. The summed E-state index contributed by atoms with van der Waals surface area (Å²) in [5.41, 5.74) is 2.80. The number of rotatable bonds is 4. The van der Waals surface area contributed by atoms with Crippen molar-refractivity contribution in [1.82, 2.24) is 20.4 Å². The van der Waals surface area contributed by atoms with E-state index in [1.165, 1.54) is 5.56 Å². The van der Waals surface area contributed by atoms with Crippen LogP contribution in [0.3, 0.4) is 0 Å². The molecule has 3 rings (SSSR count). The molecule has 1 aliphatic heterocycles. The number of carbonyl (C=O) groups excluding carboxylic acids is 1. The van der Waals surface area contributed by atoms with E-state index in [4.69, 9.17) is 0 Å². The molecule has 2 atom stereocenters. The van der Waals surface area contributed by atoms with Crippen molar-refractivity contribution in [3.8, 4) is 0 Å². The van der Waals surface area contributed by atoms with Crippen LogP contribution in [0.1, 0.15) is 53.5 Å². The van der Waals surface area contributed by atoms with Gasteiger partial charge < -0.3 is 10.6 Å². The zero-order valence-corrected chi connectivity index (χ0v) is 13.7. The third kappa shape index (κ3) is 3.62. The van der Waals surface area contributed by atoms with Crippen LogP contribution in [0.25, 0.3) is 0 Å². The molecule has 1 aromatic heterocycles. The molecule has 0 saturated carbocycles. The second kappa shape index (κ2) is 6.96. The van der Waals surface area contributed by atoms with Crippen molar-refractivity contribution in [2.75, 3.05) is 13.1 Å². The number of aromatic nitrogens is 2. The van der Waals surface area contributed by atoms with Crippen molar-refractivity contribution in [3.05, 3.63) is 53.3 Å². The Balaban J connectivity index is 1.66. The maximum absolute atomic E-state index is 12.4. The van der Waals surface area contributed by atoms with Crippen molar-refractivity contribution in [2.45, 2.75) is 38.8 Å². The van der Waals surface area contributed by atoms with Crippen LogP contribution in [0.15, 0.2) is 36.5 Å². The Morgan fingerprint density at radius 3 is 2.96 bits per heavy atom. The quantitative estimate of drug-likeness (QED) is 0.912. The van der Waals surface area contributed by atoms with Crippen molar-refractivity contribution >= 4 is 5.91 Å². The molecule has 122 valence electrons. The summed E-state index contributed by atoms with van der Waals surface area (Å²) in [6, 6.07) is 10.2. The molecule has 23 heavy (non-hydrogen) atoms. The van der Waals surface area contributed by atoms with Gasteiger partial charge in [0.15, 0.2) is 0 Å². The lowest BCUT2D eigenvalue weighted by Crippen LogP contribution is -2.32. The molecule has 1 fully saturated rings. The van der Waals surface area contributed by atoms with Gasteiger partial charge >= 0.3 is 0 Å². The SMILES string of the molecule is Cc1ccccc1[C@H](C)NC(=O)c1ccn([C@H]2CCCNC2)n1. The Labute approximate surface area is 137 Å². The first-order valence-corrected chi connectivity index (χ1v) is 8.27. The summed E-state index contributed by atoms with van der Waals surface area (Å²) < 4.78 is 1.92. The van der Waals surface area contributed by atoms with Crippen LogP contribution in [0, 0.1) is 6.92 Å². The number of hydrogen-bond acceptors (Lipinski definition) is 3. The van der Waals surface area contributed by atoms with Crippen LogP contribution >= 0.6 is 0 Å². The van der Waals surface area contributed by atoms with Gasteiger partial charge in [-0.25, -0.2) is 0 Å². The molecular formula is C18H24N4O. The third-order valence-corrected chi connectivity index (χ3v) is 4.49. The Hall–Kier alpha value is -2.14. The Bertz CT molecular complexity index is 673. The number of benzene rings is 1. The van der Waals surface area contributed by atoms with E-state index >= 15 is 0 Å². The van der Waals surface area contributed by atoms with Gasteiger partial charge in [-0.05, 0) is 50.4 Å². The normalized spacial score (nSPS) is 19.3. The molecule has 2 aromatic rings. The summed E-state index contributed by atoms with van der Waals surface area (Å²) in [6.45, 7) is 6.05. The van der Waals surface area contributed by atoms with E-state index in [9.17, 15) is 4.79 Å². The summed E-state index contributed by atoms with van der Waals surface area (Å²) in [6.07, 6.45) is 4.16.